The Morgan fingerprint density at radius 3 is 2.56 bits per heavy atom. The maximum Gasteiger partial charge on any atom is 0.230 e. The quantitative estimate of drug-likeness (QED) is 0.521. The summed E-state index contributed by atoms with van der Waals surface area (Å²) >= 11 is 5.96. The van der Waals surface area contributed by atoms with Gasteiger partial charge in [-0.1, -0.05) is 41.9 Å². The van der Waals surface area contributed by atoms with E-state index < -0.39 is 0 Å². The van der Waals surface area contributed by atoms with Crippen LogP contribution in [0.25, 0.3) is 10.9 Å². The second kappa shape index (κ2) is 6.85. The largest absolute Gasteiger partial charge is 0.342 e. The van der Waals surface area contributed by atoms with Gasteiger partial charge in [-0.15, -0.1) is 0 Å². The first kappa shape index (κ1) is 17.2. The van der Waals surface area contributed by atoms with Crippen LogP contribution >= 0.6 is 11.6 Å². The highest BCUT2D eigenvalue weighted by molar-refractivity contribution is 6.30. The molecule has 0 saturated heterocycles. The number of nitrogens with zero attached hydrogens (tertiary/aromatic N) is 2. The normalized spacial score (nSPS) is 11.0. The number of nitrogens with one attached hydrogen (secondary N) is 1. The van der Waals surface area contributed by atoms with Crippen LogP contribution in [0.5, 0.6) is 0 Å². The van der Waals surface area contributed by atoms with Crippen molar-refractivity contribution in [3.63, 3.8) is 0 Å². The molecule has 0 bridgehead atoms. The molecule has 0 amide bonds. The number of carbonyl (C=O) groups excluding carboxylic acids is 2. The number of aromatic nitrogens is 3. The highest BCUT2D eigenvalue weighted by Crippen LogP contribution is 2.24. The van der Waals surface area contributed by atoms with Crippen molar-refractivity contribution in [2.45, 2.75) is 13.5 Å². The number of benzene rings is 2. The number of fused-ring (bicyclic) bond motifs is 1. The number of hydrogen-bond acceptors (Lipinski definition) is 3. The molecule has 27 heavy (non-hydrogen) atoms. The molecule has 0 aliphatic carbocycles. The second-order valence-electron chi connectivity index (χ2n) is 6.35. The predicted octanol–water partition coefficient (Wildman–Crippen LogP) is 4.50. The summed E-state index contributed by atoms with van der Waals surface area (Å²) in [6.07, 6.45) is 3.22. The van der Waals surface area contributed by atoms with Crippen molar-refractivity contribution in [1.29, 1.82) is 0 Å². The summed E-state index contributed by atoms with van der Waals surface area (Å²) in [4.78, 5) is 31.3. The minimum atomic E-state index is -0.242. The highest BCUT2D eigenvalue weighted by atomic mass is 35.5. The summed E-state index contributed by atoms with van der Waals surface area (Å²) in [6.45, 7) is 2.04. The zero-order chi connectivity index (χ0) is 19.0. The molecule has 0 radical (unpaired) electrons. The molecule has 0 spiro atoms. The Balaban J connectivity index is 1.75. The highest BCUT2D eigenvalue weighted by Gasteiger charge is 2.20. The van der Waals surface area contributed by atoms with Gasteiger partial charge in [0.2, 0.25) is 5.78 Å². The third-order valence-electron chi connectivity index (χ3n) is 4.47. The van der Waals surface area contributed by atoms with Gasteiger partial charge in [-0.3, -0.25) is 9.59 Å². The maximum atomic E-state index is 13.0. The van der Waals surface area contributed by atoms with E-state index in [9.17, 15) is 9.59 Å². The van der Waals surface area contributed by atoms with E-state index in [0.717, 1.165) is 16.5 Å². The lowest BCUT2D eigenvalue weighted by Crippen LogP contribution is -2.04. The van der Waals surface area contributed by atoms with Crippen molar-refractivity contribution in [3.05, 3.63) is 88.6 Å². The molecule has 0 saturated carbocycles. The standard InChI is InChI=1S/C21H16ClN3O2/c1-13(26)18-10-23-21(24-18)20(27)17-12-25(19-5-3-2-4-16(17)19)11-14-6-8-15(22)9-7-14/h2-10,12H,11H2,1H3,(H,23,24). The Morgan fingerprint density at radius 2 is 1.85 bits per heavy atom. The van der Waals surface area contributed by atoms with Crippen LogP contribution in [-0.2, 0) is 6.54 Å². The number of hydrogen-bond donors (Lipinski definition) is 1. The summed E-state index contributed by atoms with van der Waals surface area (Å²) in [5, 5.41) is 1.53. The van der Waals surface area contributed by atoms with Gasteiger partial charge in [-0.2, -0.15) is 0 Å². The lowest BCUT2D eigenvalue weighted by molar-refractivity contribution is 0.101. The smallest absolute Gasteiger partial charge is 0.230 e. The van der Waals surface area contributed by atoms with Gasteiger partial charge in [0.25, 0.3) is 0 Å². The third-order valence-corrected chi connectivity index (χ3v) is 4.72. The van der Waals surface area contributed by atoms with Crippen LogP contribution < -0.4 is 0 Å². The van der Waals surface area contributed by atoms with Gasteiger partial charge in [0.05, 0.1) is 11.8 Å². The van der Waals surface area contributed by atoms with Crippen LogP contribution in [0.15, 0.2) is 60.9 Å². The molecule has 0 atom stereocenters. The van der Waals surface area contributed by atoms with Gasteiger partial charge in [0.1, 0.15) is 5.69 Å². The van der Waals surface area contributed by atoms with Gasteiger partial charge in [-0.05, 0) is 23.8 Å². The number of halogens is 1. The Kier molecular flexibility index (Phi) is 4.38. The first-order valence-electron chi connectivity index (χ1n) is 8.46. The van der Waals surface area contributed by atoms with Crippen LogP contribution in [0.4, 0.5) is 0 Å². The summed E-state index contributed by atoms with van der Waals surface area (Å²) in [5.41, 5.74) is 2.90. The molecule has 2 heterocycles. The van der Waals surface area contributed by atoms with E-state index >= 15 is 0 Å². The van der Waals surface area contributed by atoms with Crippen molar-refractivity contribution in [2.75, 3.05) is 0 Å². The molecular weight excluding hydrogens is 362 g/mol. The fraction of sp³-hybridized carbons (Fsp3) is 0.0952. The van der Waals surface area contributed by atoms with Gasteiger partial charge >= 0.3 is 0 Å². The predicted molar refractivity (Wildman–Crippen MR) is 105 cm³/mol. The SMILES string of the molecule is CC(=O)c1cnc(C(=O)c2cn(Cc3ccc(Cl)cc3)c3ccccc23)[nH]1. The Bertz CT molecular complexity index is 1160. The maximum absolute atomic E-state index is 13.0. The van der Waals surface area contributed by atoms with E-state index in [-0.39, 0.29) is 17.4 Å². The molecule has 0 fully saturated rings. The second-order valence-corrected chi connectivity index (χ2v) is 6.78. The van der Waals surface area contributed by atoms with Crippen molar-refractivity contribution >= 4 is 34.1 Å². The van der Waals surface area contributed by atoms with Crippen molar-refractivity contribution in [3.8, 4) is 0 Å². The number of imidazole rings is 1. The fourth-order valence-corrected chi connectivity index (χ4v) is 3.21. The molecule has 4 rings (SSSR count). The van der Waals surface area contributed by atoms with Crippen molar-refractivity contribution in [2.24, 2.45) is 0 Å². The molecule has 5 nitrogen and oxygen atoms in total. The Hall–Kier alpha value is -3.18. The number of Topliss-reactive ketones (excluding diaryl/α,β-unsaturated/α-hetero) is 1. The van der Waals surface area contributed by atoms with Gasteiger partial charge in [-0.25, -0.2) is 4.98 Å². The van der Waals surface area contributed by atoms with Crippen LogP contribution in [0, 0.1) is 0 Å². The molecule has 1 N–H and O–H groups in total. The van der Waals surface area contributed by atoms with Crippen LogP contribution in [0.3, 0.4) is 0 Å². The van der Waals surface area contributed by atoms with Crippen LogP contribution in [0.2, 0.25) is 5.02 Å². The van der Waals surface area contributed by atoms with Crippen LogP contribution in [0.1, 0.15) is 39.2 Å². The zero-order valence-corrected chi connectivity index (χ0v) is 15.3. The number of aromatic amines is 1. The molecule has 0 unspecified atom stereocenters. The molecule has 0 aliphatic heterocycles. The van der Waals surface area contributed by atoms with Gasteiger partial charge < -0.3 is 9.55 Å². The third kappa shape index (κ3) is 3.29. The monoisotopic (exact) mass is 377 g/mol. The van der Waals surface area contributed by atoms with E-state index in [2.05, 4.69) is 9.97 Å². The minimum absolute atomic E-state index is 0.160. The molecule has 6 heteroatoms. The van der Waals surface area contributed by atoms with Crippen molar-refractivity contribution in [1.82, 2.24) is 14.5 Å². The summed E-state index contributed by atoms with van der Waals surface area (Å²) < 4.78 is 2.03. The Morgan fingerprint density at radius 1 is 1.11 bits per heavy atom. The lowest BCUT2D eigenvalue weighted by Gasteiger charge is -2.05. The van der Waals surface area contributed by atoms with E-state index in [1.54, 1.807) is 0 Å². The number of rotatable bonds is 5. The molecule has 134 valence electrons. The number of ketones is 2. The number of H-pyrrole nitrogens is 1. The first-order chi connectivity index (χ1) is 13.0. The van der Waals surface area contributed by atoms with Crippen LogP contribution in [-0.4, -0.2) is 26.1 Å². The summed E-state index contributed by atoms with van der Waals surface area (Å²) in [7, 11) is 0. The summed E-state index contributed by atoms with van der Waals surface area (Å²) in [5.74, 6) is -0.241. The molecule has 2 aromatic heterocycles. The molecule has 0 aliphatic rings. The van der Waals surface area contributed by atoms with E-state index in [1.807, 2.05) is 59.3 Å². The molecule has 4 aromatic rings. The average molecular weight is 378 g/mol. The van der Waals surface area contributed by atoms with Crippen molar-refractivity contribution < 1.29 is 9.59 Å². The number of carbonyl (C=O) groups is 2. The fourth-order valence-electron chi connectivity index (χ4n) is 3.09. The topological polar surface area (TPSA) is 67.8 Å². The molecular formula is C21H16ClN3O2. The first-order valence-corrected chi connectivity index (χ1v) is 8.83. The van der Waals surface area contributed by atoms with E-state index in [4.69, 9.17) is 11.6 Å². The zero-order valence-electron chi connectivity index (χ0n) is 14.6. The molecule has 2 aromatic carbocycles. The lowest BCUT2D eigenvalue weighted by atomic mass is 10.1. The number of para-hydroxylation sites is 1. The average Bonchev–Trinajstić information content (AvgIpc) is 3.29. The minimum Gasteiger partial charge on any atom is -0.342 e. The van der Waals surface area contributed by atoms with E-state index in [0.29, 0.717) is 22.8 Å². The summed E-state index contributed by atoms with van der Waals surface area (Å²) in [6, 6.07) is 15.3. The van der Waals surface area contributed by atoms with Gasteiger partial charge in [0, 0.05) is 35.6 Å². The van der Waals surface area contributed by atoms with Gasteiger partial charge in [0.15, 0.2) is 11.6 Å². The van der Waals surface area contributed by atoms with E-state index in [1.165, 1.54) is 13.1 Å². The Labute approximate surface area is 160 Å².